The Labute approximate surface area is 206 Å². The first-order valence-electron chi connectivity index (χ1n) is 10.0. The van der Waals surface area contributed by atoms with Crippen LogP contribution in [0.1, 0.15) is 51.4 Å². The Morgan fingerprint density at radius 2 is 0.464 bits per heavy atom. The van der Waals surface area contributed by atoms with Crippen molar-refractivity contribution in [3.8, 4) is 0 Å². The van der Waals surface area contributed by atoms with Crippen LogP contribution in [0.5, 0.6) is 0 Å². The molecule has 0 heterocycles. The van der Waals surface area contributed by atoms with Gasteiger partial charge < -0.3 is 9.59 Å². The van der Waals surface area contributed by atoms with E-state index in [2.05, 4.69) is 51.4 Å². The summed E-state index contributed by atoms with van der Waals surface area (Å²) in [6.07, 6.45) is 28.0. The molecule has 0 atom stereocenters. The van der Waals surface area contributed by atoms with Crippen molar-refractivity contribution >= 4 is 16.6 Å². The molecule has 0 N–H and O–H groups in total. The molecular formula is C22H42O2Rh2Si2-2. The van der Waals surface area contributed by atoms with Gasteiger partial charge in [-0.2, -0.15) is 0 Å². The zero-order valence-electron chi connectivity index (χ0n) is 18.8. The Morgan fingerprint density at radius 3 is 0.536 bits per heavy atom. The van der Waals surface area contributed by atoms with Crippen LogP contribution in [0.2, 0.25) is 39.3 Å². The van der Waals surface area contributed by atoms with Gasteiger partial charge in [-0.15, -0.1) is 0 Å². The maximum Gasteiger partial charge on any atom is 0 e. The fourth-order valence-electron chi connectivity index (χ4n) is 1.71. The van der Waals surface area contributed by atoms with Crippen molar-refractivity contribution in [3.05, 3.63) is 51.4 Å². The molecule has 0 aromatic heterocycles. The van der Waals surface area contributed by atoms with Crippen LogP contribution in [0.4, 0.5) is 0 Å². The molecule has 2 nitrogen and oxygen atoms in total. The average Bonchev–Trinajstić information content (AvgIpc) is 2.32. The van der Waals surface area contributed by atoms with Gasteiger partial charge in [0.1, 0.15) is 0 Å². The Bertz CT molecular complexity index is 193. The van der Waals surface area contributed by atoms with E-state index in [1.807, 2.05) is 0 Å². The first-order chi connectivity index (χ1) is 12.0. The van der Waals surface area contributed by atoms with Gasteiger partial charge in [-0.3, -0.25) is 0 Å². The van der Waals surface area contributed by atoms with E-state index in [4.69, 9.17) is 0 Å². The molecule has 0 unspecified atom stereocenters. The van der Waals surface area contributed by atoms with Gasteiger partial charge in [-0.05, 0) is 103 Å². The van der Waals surface area contributed by atoms with E-state index in [-0.39, 0.29) is 39.0 Å². The molecule has 0 aromatic carbocycles. The fourth-order valence-corrected chi connectivity index (χ4v) is 1.71. The van der Waals surface area contributed by atoms with Crippen molar-refractivity contribution in [3.63, 3.8) is 0 Å². The van der Waals surface area contributed by atoms with Crippen molar-refractivity contribution in [2.75, 3.05) is 0 Å². The summed E-state index contributed by atoms with van der Waals surface area (Å²) < 4.78 is 0. The van der Waals surface area contributed by atoms with Crippen LogP contribution in [0.3, 0.4) is 0 Å². The molecule has 2 aliphatic carbocycles. The summed E-state index contributed by atoms with van der Waals surface area (Å²) in [7, 11) is -3.72. The van der Waals surface area contributed by atoms with E-state index in [1.165, 1.54) is 51.4 Å². The van der Waals surface area contributed by atoms with Crippen molar-refractivity contribution in [1.29, 1.82) is 0 Å². The third-order valence-electron chi connectivity index (χ3n) is 2.67. The van der Waals surface area contributed by atoms with E-state index in [9.17, 15) is 9.59 Å². The van der Waals surface area contributed by atoms with Crippen LogP contribution in [-0.4, -0.2) is 16.6 Å². The van der Waals surface area contributed by atoms with Crippen LogP contribution in [0.15, 0.2) is 0 Å². The van der Waals surface area contributed by atoms with Gasteiger partial charge >= 0.3 is 0 Å². The molecule has 0 aliphatic heterocycles. The predicted molar refractivity (Wildman–Crippen MR) is 118 cm³/mol. The predicted octanol–water partition coefficient (Wildman–Crippen LogP) is 5.11. The molecule has 28 heavy (non-hydrogen) atoms. The molecule has 0 aromatic rings. The van der Waals surface area contributed by atoms with Crippen LogP contribution < -0.4 is 9.59 Å². The van der Waals surface area contributed by atoms with Crippen LogP contribution >= 0.6 is 0 Å². The maximum atomic E-state index is 10.2. The Kier molecular flexibility index (Phi) is 32.8. The molecule has 0 bridgehead atoms. The van der Waals surface area contributed by atoms with Crippen molar-refractivity contribution in [2.24, 2.45) is 0 Å². The van der Waals surface area contributed by atoms with E-state index < -0.39 is 16.6 Å². The molecule has 6 heteroatoms. The second kappa shape index (κ2) is 24.9. The van der Waals surface area contributed by atoms with Gasteiger partial charge in [0.2, 0.25) is 0 Å². The van der Waals surface area contributed by atoms with Gasteiger partial charge in [-0.1, -0.05) is 55.9 Å². The van der Waals surface area contributed by atoms with Crippen LogP contribution in [0, 0.1) is 51.4 Å². The average molecular weight is 601 g/mol. The van der Waals surface area contributed by atoms with Crippen LogP contribution in [-0.2, 0) is 39.0 Å². The first-order valence-corrected chi connectivity index (χ1v) is 16.8. The largest absolute Gasteiger partial charge is 0.859 e. The molecule has 2 fully saturated rings. The third-order valence-corrected chi connectivity index (χ3v) is 2.67. The summed E-state index contributed by atoms with van der Waals surface area (Å²) >= 11 is 0. The van der Waals surface area contributed by atoms with Gasteiger partial charge in [0.25, 0.3) is 0 Å². The van der Waals surface area contributed by atoms with Gasteiger partial charge in [0.15, 0.2) is 0 Å². The van der Waals surface area contributed by atoms with Gasteiger partial charge in [0.05, 0.1) is 0 Å². The molecule has 0 spiro atoms. The molecule has 2 saturated carbocycles. The molecule has 0 saturated heterocycles. The van der Waals surface area contributed by atoms with Crippen molar-refractivity contribution < 1.29 is 48.5 Å². The second-order valence-corrected chi connectivity index (χ2v) is 16.9. The molecule has 0 amide bonds. The minimum Gasteiger partial charge on any atom is -0.859 e. The summed E-state index contributed by atoms with van der Waals surface area (Å²) in [5.74, 6) is 0. The van der Waals surface area contributed by atoms with Crippen LogP contribution in [0.25, 0.3) is 0 Å². The standard InChI is InChI=1S/2C8H12.2C3H9OSi.2Rh/c2*1-2-4-6-8-7-5-3-1;2*1-5(2,3)4;;/h2*1-2,7-8H,3-6H2;2*1-3H3;;/q;;2*-1;;. The summed E-state index contributed by atoms with van der Waals surface area (Å²) in [6, 6.07) is 0. The summed E-state index contributed by atoms with van der Waals surface area (Å²) in [6.45, 7) is 10.6. The topological polar surface area (TPSA) is 46.1 Å². The number of rotatable bonds is 0. The summed E-state index contributed by atoms with van der Waals surface area (Å²) in [5, 5.41) is 0. The second-order valence-electron chi connectivity index (χ2n) is 8.42. The van der Waals surface area contributed by atoms with Crippen molar-refractivity contribution in [2.45, 2.75) is 90.6 Å². The minimum absolute atomic E-state index is 0. The quantitative estimate of drug-likeness (QED) is 0.363. The zero-order valence-corrected chi connectivity index (χ0v) is 24.0. The normalized spacial score (nSPS) is 18.0. The molecule has 170 valence electrons. The van der Waals surface area contributed by atoms with Gasteiger partial charge in [0, 0.05) is 39.0 Å². The first kappa shape index (κ1) is 36.9. The third kappa shape index (κ3) is 63.0. The molecular weight excluding hydrogens is 558 g/mol. The maximum absolute atomic E-state index is 10.2. The van der Waals surface area contributed by atoms with E-state index >= 15 is 0 Å². The number of hydrogen-bond donors (Lipinski definition) is 0. The number of hydrogen-bond acceptors (Lipinski definition) is 2. The Hall–Kier alpha value is 1.60. The van der Waals surface area contributed by atoms with Crippen molar-refractivity contribution in [1.82, 2.24) is 0 Å². The summed E-state index contributed by atoms with van der Waals surface area (Å²) in [5.41, 5.74) is 0. The van der Waals surface area contributed by atoms with Gasteiger partial charge in [-0.25, -0.2) is 0 Å². The Balaban J connectivity index is -0.000000138. The SMILES string of the molecule is C[Si](C)(C)[O-].C[Si](C)(C)[O-].[CH]1[CH]CC[CH][CH]CC1.[CH]1[CH]CC[CH][CH]CC1.[Rh].[Rh]. The zero-order chi connectivity index (χ0) is 20.3. The minimum atomic E-state index is -1.86. The Morgan fingerprint density at radius 1 is 0.393 bits per heavy atom. The fraction of sp³-hybridized carbons (Fsp3) is 0.636. The van der Waals surface area contributed by atoms with E-state index in [0.717, 1.165) is 0 Å². The smallest absolute Gasteiger partial charge is 0 e. The molecule has 2 rings (SSSR count). The van der Waals surface area contributed by atoms with E-state index in [0.29, 0.717) is 0 Å². The monoisotopic (exact) mass is 600 g/mol. The van der Waals surface area contributed by atoms with E-state index in [1.54, 1.807) is 39.3 Å². The summed E-state index contributed by atoms with van der Waals surface area (Å²) in [4.78, 5) is 20.5. The molecule has 2 aliphatic rings. The molecule has 10 radical (unpaired) electrons.